The number of halogens is 1. The van der Waals surface area contributed by atoms with Gasteiger partial charge in [0.15, 0.2) is 0 Å². The van der Waals surface area contributed by atoms with E-state index in [-0.39, 0.29) is 10.8 Å². The van der Waals surface area contributed by atoms with Gasteiger partial charge in [-0.2, -0.15) is 9.29 Å². The Morgan fingerprint density at radius 2 is 1.82 bits per heavy atom. The molecule has 1 aliphatic rings. The predicted octanol–water partition coefficient (Wildman–Crippen LogP) is 4.27. The van der Waals surface area contributed by atoms with Gasteiger partial charge >= 0.3 is 0 Å². The summed E-state index contributed by atoms with van der Waals surface area (Å²) in [5, 5.41) is 4.58. The van der Waals surface area contributed by atoms with E-state index in [1.807, 2.05) is 31.2 Å². The second-order valence-corrected chi connectivity index (χ2v) is 9.35. The summed E-state index contributed by atoms with van der Waals surface area (Å²) in [6.07, 6.45) is 1.54. The van der Waals surface area contributed by atoms with E-state index >= 15 is 0 Å². The highest BCUT2D eigenvalue weighted by molar-refractivity contribution is 7.89. The number of nitrogens with zero attached hydrogens (tertiary/aromatic N) is 3. The minimum atomic E-state index is -3.58. The van der Waals surface area contributed by atoms with Crippen LogP contribution in [0, 0.1) is 6.92 Å². The number of hydrogen-bond acceptors (Lipinski definition) is 5. The number of benzene rings is 2. The van der Waals surface area contributed by atoms with Gasteiger partial charge in [-0.25, -0.2) is 8.42 Å². The Kier molecular flexibility index (Phi) is 5.23. The van der Waals surface area contributed by atoms with E-state index < -0.39 is 10.0 Å². The van der Waals surface area contributed by atoms with Crippen LogP contribution in [0.4, 0.5) is 0 Å². The Bertz CT molecular complexity index is 1060. The fourth-order valence-electron chi connectivity index (χ4n) is 3.34. The molecule has 3 aromatic rings. The average Bonchev–Trinajstić information content (AvgIpc) is 3.19. The van der Waals surface area contributed by atoms with Crippen molar-refractivity contribution in [1.29, 1.82) is 0 Å². The van der Waals surface area contributed by atoms with Crippen molar-refractivity contribution in [2.24, 2.45) is 0 Å². The summed E-state index contributed by atoms with van der Waals surface area (Å²) in [5.41, 5.74) is 2.03. The quantitative estimate of drug-likeness (QED) is 0.633. The molecule has 0 amide bonds. The van der Waals surface area contributed by atoms with E-state index in [0.717, 1.165) is 24.0 Å². The summed E-state index contributed by atoms with van der Waals surface area (Å²) in [4.78, 5) is 4.76. The minimum absolute atomic E-state index is 0.123. The van der Waals surface area contributed by atoms with Crippen LogP contribution >= 0.6 is 11.6 Å². The molecule has 6 nitrogen and oxygen atoms in total. The van der Waals surface area contributed by atoms with Crippen LogP contribution in [0.2, 0.25) is 5.02 Å². The summed E-state index contributed by atoms with van der Waals surface area (Å²) in [5.74, 6) is 0.877. The van der Waals surface area contributed by atoms with Crippen LogP contribution in [-0.2, 0) is 10.0 Å². The molecule has 1 fully saturated rings. The van der Waals surface area contributed by atoms with Crippen LogP contribution in [0.1, 0.15) is 30.2 Å². The first-order valence-electron chi connectivity index (χ1n) is 9.10. The van der Waals surface area contributed by atoms with Crippen molar-refractivity contribution in [3.8, 4) is 11.4 Å². The van der Waals surface area contributed by atoms with Gasteiger partial charge in [-0.15, -0.1) is 0 Å². The molecule has 0 saturated carbocycles. The molecule has 0 spiro atoms. The maximum absolute atomic E-state index is 13.0. The first-order valence-corrected chi connectivity index (χ1v) is 10.9. The Hall–Kier alpha value is -2.22. The van der Waals surface area contributed by atoms with Crippen molar-refractivity contribution >= 4 is 21.6 Å². The molecule has 2 heterocycles. The fraction of sp³-hybridized carbons (Fsp3) is 0.300. The van der Waals surface area contributed by atoms with Gasteiger partial charge in [0, 0.05) is 23.7 Å². The first-order chi connectivity index (χ1) is 13.4. The highest BCUT2D eigenvalue weighted by Gasteiger charge is 2.33. The fourth-order valence-corrected chi connectivity index (χ4v) is 4.99. The molecule has 0 N–H and O–H groups in total. The van der Waals surface area contributed by atoms with Crippen molar-refractivity contribution < 1.29 is 12.9 Å². The molecule has 8 heteroatoms. The third kappa shape index (κ3) is 3.83. The lowest BCUT2D eigenvalue weighted by molar-refractivity contribution is 0.265. The molecule has 0 bridgehead atoms. The minimum Gasteiger partial charge on any atom is -0.339 e. The van der Waals surface area contributed by atoms with Crippen LogP contribution in [0.15, 0.2) is 57.9 Å². The first kappa shape index (κ1) is 19.1. The van der Waals surface area contributed by atoms with Crippen molar-refractivity contribution in [3.05, 3.63) is 65.0 Å². The van der Waals surface area contributed by atoms with Gasteiger partial charge in [-0.05, 0) is 44.0 Å². The Morgan fingerprint density at radius 1 is 1.11 bits per heavy atom. The van der Waals surface area contributed by atoms with Gasteiger partial charge in [0.05, 0.1) is 10.8 Å². The maximum atomic E-state index is 13.0. The van der Waals surface area contributed by atoms with Crippen LogP contribution in [0.3, 0.4) is 0 Å². The number of hydrogen-bond donors (Lipinski definition) is 0. The molecule has 146 valence electrons. The van der Waals surface area contributed by atoms with Crippen LogP contribution in [0.25, 0.3) is 11.4 Å². The SMILES string of the molecule is Cc1ccc(-c2noc([C@@H]3CCCN(S(=O)(=O)c4ccc(Cl)cc4)C3)n2)cc1. The Labute approximate surface area is 169 Å². The third-order valence-electron chi connectivity index (χ3n) is 4.94. The molecular formula is C20H20ClN3O3S. The van der Waals surface area contributed by atoms with E-state index in [0.29, 0.717) is 29.8 Å². The zero-order chi connectivity index (χ0) is 19.7. The van der Waals surface area contributed by atoms with Gasteiger partial charge in [-0.1, -0.05) is 46.6 Å². The lowest BCUT2D eigenvalue weighted by atomic mass is 10.00. The normalized spacial score (nSPS) is 18.3. The maximum Gasteiger partial charge on any atom is 0.243 e. The predicted molar refractivity (Wildman–Crippen MR) is 107 cm³/mol. The molecule has 0 aliphatic carbocycles. The third-order valence-corrected chi connectivity index (χ3v) is 7.07. The molecule has 4 rings (SSSR count). The highest BCUT2D eigenvalue weighted by Crippen LogP contribution is 2.31. The second kappa shape index (κ2) is 7.66. The van der Waals surface area contributed by atoms with Gasteiger partial charge in [0.2, 0.25) is 21.7 Å². The van der Waals surface area contributed by atoms with Gasteiger partial charge in [0.25, 0.3) is 0 Å². The molecule has 1 saturated heterocycles. The van der Waals surface area contributed by atoms with E-state index in [2.05, 4.69) is 10.1 Å². The monoisotopic (exact) mass is 417 g/mol. The van der Waals surface area contributed by atoms with Crippen LogP contribution < -0.4 is 0 Å². The van der Waals surface area contributed by atoms with E-state index in [1.165, 1.54) is 16.4 Å². The summed E-state index contributed by atoms with van der Waals surface area (Å²) >= 11 is 5.88. The van der Waals surface area contributed by atoms with E-state index in [4.69, 9.17) is 16.1 Å². The molecular weight excluding hydrogens is 398 g/mol. The van der Waals surface area contributed by atoms with Crippen molar-refractivity contribution in [2.45, 2.75) is 30.6 Å². The Balaban J connectivity index is 1.54. The topological polar surface area (TPSA) is 76.3 Å². The largest absolute Gasteiger partial charge is 0.339 e. The molecule has 0 unspecified atom stereocenters. The number of rotatable bonds is 4. The highest BCUT2D eigenvalue weighted by atomic mass is 35.5. The summed E-state index contributed by atoms with van der Waals surface area (Å²) in [7, 11) is -3.58. The van der Waals surface area contributed by atoms with Crippen molar-refractivity contribution in [2.75, 3.05) is 13.1 Å². The Morgan fingerprint density at radius 3 is 2.54 bits per heavy atom. The summed E-state index contributed by atoms with van der Waals surface area (Å²) in [6, 6.07) is 14.1. The molecule has 28 heavy (non-hydrogen) atoms. The standard InChI is InChI=1S/C20H20ClN3O3S/c1-14-4-6-15(7-5-14)19-22-20(27-23-19)16-3-2-12-24(13-16)28(25,26)18-10-8-17(21)9-11-18/h4-11,16H,2-3,12-13H2,1H3/t16-/m1/s1. The summed E-state index contributed by atoms with van der Waals surface area (Å²) in [6.45, 7) is 2.81. The van der Waals surface area contributed by atoms with E-state index in [9.17, 15) is 8.42 Å². The lowest BCUT2D eigenvalue weighted by Crippen LogP contribution is -2.39. The van der Waals surface area contributed by atoms with Crippen molar-refractivity contribution in [1.82, 2.24) is 14.4 Å². The average molecular weight is 418 g/mol. The molecule has 1 atom stereocenters. The lowest BCUT2D eigenvalue weighted by Gasteiger charge is -2.30. The number of aromatic nitrogens is 2. The summed E-state index contributed by atoms with van der Waals surface area (Å²) < 4.78 is 32.9. The van der Waals surface area contributed by atoms with Gasteiger partial charge in [0.1, 0.15) is 0 Å². The van der Waals surface area contributed by atoms with E-state index in [1.54, 1.807) is 12.1 Å². The second-order valence-electron chi connectivity index (χ2n) is 6.98. The number of aryl methyl sites for hydroxylation is 1. The van der Waals surface area contributed by atoms with Crippen LogP contribution in [0.5, 0.6) is 0 Å². The zero-order valence-corrected chi connectivity index (χ0v) is 16.9. The van der Waals surface area contributed by atoms with Crippen LogP contribution in [-0.4, -0.2) is 36.0 Å². The molecule has 0 radical (unpaired) electrons. The molecule has 2 aromatic carbocycles. The van der Waals surface area contributed by atoms with Crippen molar-refractivity contribution in [3.63, 3.8) is 0 Å². The van der Waals surface area contributed by atoms with Gasteiger partial charge < -0.3 is 4.52 Å². The number of sulfonamides is 1. The molecule has 1 aliphatic heterocycles. The van der Waals surface area contributed by atoms with Gasteiger partial charge in [-0.3, -0.25) is 0 Å². The smallest absolute Gasteiger partial charge is 0.243 e. The molecule has 1 aromatic heterocycles. The number of piperidine rings is 1. The zero-order valence-electron chi connectivity index (χ0n) is 15.4.